The molecule has 1 atom stereocenters. The van der Waals surface area contributed by atoms with Gasteiger partial charge in [0.15, 0.2) is 0 Å². The molecule has 0 unspecified atom stereocenters. The molecule has 0 spiro atoms. The Morgan fingerprint density at radius 3 is 2.56 bits per heavy atom. The summed E-state index contributed by atoms with van der Waals surface area (Å²) in [7, 11) is 0. The zero-order chi connectivity index (χ0) is 17.5. The molecular formula is C20H19N3O2. The Hall–Kier alpha value is -3.21. The van der Waals surface area contributed by atoms with Crippen LogP contribution in [0.5, 0.6) is 5.75 Å². The van der Waals surface area contributed by atoms with Gasteiger partial charge in [0.1, 0.15) is 18.1 Å². The summed E-state index contributed by atoms with van der Waals surface area (Å²) in [6.07, 6.45) is 3.34. The number of ether oxygens (including phenoxy) is 1. The molecule has 0 radical (unpaired) electrons. The maximum absolute atomic E-state index is 12.2. The Kier molecular flexibility index (Phi) is 5.36. The quantitative estimate of drug-likeness (QED) is 0.749. The SMILES string of the molecule is C[C@@H](NC(=O)c1ccccn1)c1cccc(OCc2ccccn2)c1. The van der Waals surface area contributed by atoms with E-state index in [-0.39, 0.29) is 11.9 Å². The van der Waals surface area contributed by atoms with Gasteiger partial charge in [0.25, 0.3) is 5.91 Å². The van der Waals surface area contributed by atoms with Crippen molar-refractivity contribution in [3.8, 4) is 5.75 Å². The van der Waals surface area contributed by atoms with Crippen LogP contribution in [-0.2, 0) is 6.61 Å². The number of aromatic nitrogens is 2. The molecule has 1 aromatic carbocycles. The summed E-state index contributed by atoms with van der Waals surface area (Å²) in [5.41, 5.74) is 2.23. The number of nitrogens with zero attached hydrogens (tertiary/aromatic N) is 2. The number of hydrogen-bond donors (Lipinski definition) is 1. The lowest BCUT2D eigenvalue weighted by molar-refractivity contribution is 0.0934. The first-order valence-electron chi connectivity index (χ1n) is 8.07. The van der Waals surface area contributed by atoms with Crippen molar-refractivity contribution in [1.29, 1.82) is 0 Å². The van der Waals surface area contributed by atoms with E-state index in [9.17, 15) is 4.79 Å². The standard InChI is InChI=1S/C20H19N3O2/c1-15(23-20(24)19-10-3-5-12-22-19)16-7-6-9-18(13-16)25-14-17-8-2-4-11-21-17/h2-13,15H,14H2,1H3,(H,23,24)/t15-/m1/s1. The summed E-state index contributed by atoms with van der Waals surface area (Å²) in [6, 6.07) is 18.5. The van der Waals surface area contributed by atoms with Gasteiger partial charge in [-0.05, 0) is 48.9 Å². The Bertz CT molecular complexity index is 823. The van der Waals surface area contributed by atoms with Gasteiger partial charge in [0.05, 0.1) is 11.7 Å². The van der Waals surface area contributed by atoms with Crippen molar-refractivity contribution in [2.75, 3.05) is 0 Å². The molecule has 0 saturated carbocycles. The molecule has 2 aromatic heterocycles. The van der Waals surface area contributed by atoms with Crippen LogP contribution in [0.15, 0.2) is 73.1 Å². The molecule has 2 heterocycles. The van der Waals surface area contributed by atoms with Crippen LogP contribution in [0.2, 0.25) is 0 Å². The van der Waals surface area contributed by atoms with Gasteiger partial charge in [-0.25, -0.2) is 0 Å². The van der Waals surface area contributed by atoms with Crippen molar-refractivity contribution in [2.45, 2.75) is 19.6 Å². The highest BCUT2D eigenvalue weighted by atomic mass is 16.5. The molecule has 25 heavy (non-hydrogen) atoms. The Morgan fingerprint density at radius 1 is 1.04 bits per heavy atom. The molecule has 1 amide bonds. The zero-order valence-electron chi connectivity index (χ0n) is 13.9. The van der Waals surface area contributed by atoms with E-state index in [4.69, 9.17) is 4.74 Å². The molecule has 3 aromatic rings. The third-order valence-electron chi connectivity index (χ3n) is 3.72. The van der Waals surface area contributed by atoms with Crippen LogP contribution in [0.3, 0.4) is 0 Å². The van der Waals surface area contributed by atoms with E-state index in [1.54, 1.807) is 30.6 Å². The van der Waals surface area contributed by atoms with Crippen LogP contribution in [0.1, 0.15) is 34.7 Å². The summed E-state index contributed by atoms with van der Waals surface area (Å²) in [5, 5.41) is 2.94. The average Bonchev–Trinajstić information content (AvgIpc) is 2.68. The molecule has 0 bridgehead atoms. The van der Waals surface area contributed by atoms with Crippen LogP contribution < -0.4 is 10.1 Å². The minimum absolute atomic E-state index is 0.159. The predicted octanol–water partition coefficient (Wildman–Crippen LogP) is 3.55. The number of pyridine rings is 2. The van der Waals surface area contributed by atoms with E-state index >= 15 is 0 Å². The normalized spacial score (nSPS) is 11.6. The molecule has 5 heteroatoms. The first-order chi connectivity index (χ1) is 12.2. The Balaban J connectivity index is 1.63. The van der Waals surface area contributed by atoms with Gasteiger partial charge < -0.3 is 10.1 Å². The van der Waals surface area contributed by atoms with E-state index in [2.05, 4.69) is 15.3 Å². The predicted molar refractivity (Wildman–Crippen MR) is 95.1 cm³/mol. The van der Waals surface area contributed by atoms with Gasteiger partial charge in [-0.2, -0.15) is 0 Å². The maximum Gasteiger partial charge on any atom is 0.270 e. The molecule has 0 saturated heterocycles. The lowest BCUT2D eigenvalue weighted by atomic mass is 10.1. The molecule has 5 nitrogen and oxygen atoms in total. The van der Waals surface area contributed by atoms with Crippen molar-refractivity contribution in [1.82, 2.24) is 15.3 Å². The second-order valence-electron chi connectivity index (χ2n) is 5.59. The number of nitrogens with one attached hydrogen (secondary N) is 1. The van der Waals surface area contributed by atoms with Crippen molar-refractivity contribution in [2.24, 2.45) is 0 Å². The smallest absolute Gasteiger partial charge is 0.270 e. The largest absolute Gasteiger partial charge is 0.487 e. The third-order valence-corrected chi connectivity index (χ3v) is 3.72. The molecule has 0 fully saturated rings. The summed E-state index contributed by atoms with van der Waals surface area (Å²) < 4.78 is 5.78. The van der Waals surface area contributed by atoms with Crippen LogP contribution in [0.4, 0.5) is 0 Å². The van der Waals surface area contributed by atoms with Gasteiger partial charge in [-0.15, -0.1) is 0 Å². The number of amides is 1. The average molecular weight is 333 g/mol. The van der Waals surface area contributed by atoms with Crippen LogP contribution in [0, 0.1) is 0 Å². The zero-order valence-corrected chi connectivity index (χ0v) is 13.9. The molecule has 0 aliphatic carbocycles. The highest BCUT2D eigenvalue weighted by Crippen LogP contribution is 2.20. The fraction of sp³-hybridized carbons (Fsp3) is 0.150. The van der Waals surface area contributed by atoms with E-state index in [1.807, 2.05) is 49.4 Å². The summed E-state index contributed by atoms with van der Waals surface area (Å²) in [4.78, 5) is 20.5. The van der Waals surface area contributed by atoms with Gasteiger partial charge in [-0.1, -0.05) is 24.3 Å². The highest BCUT2D eigenvalue weighted by molar-refractivity contribution is 5.92. The van der Waals surface area contributed by atoms with Crippen molar-refractivity contribution in [3.05, 3.63) is 90.0 Å². The van der Waals surface area contributed by atoms with Gasteiger partial charge >= 0.3 is 0 Å². The van der Waals surface area contributed by atoms with Crippen LogP contribution in [0.25, 0.3) is 0 Å². The maximum atomic E-state index is 12.2. The number of benzene rings is 1. The summed E-state index contributed by atoms with van der Waals surface area (Å²) >= 11 is 0. The fourth-order valence-electron chi connectivity index (χ4n) is 2.37. The lowest BCUT2D eigenvalue weighted by Crippen LogP contribution is -2.27. The lowest BCUT2D eigenvalue weighted by Gasteiger charge is -2.15. The second-order valence-corrected chi connectivity index (χ2v) is 5.59. The van der Waals surface area contributed by atoms with E-state index in [0.717, 1.165) is 17.0 Å². The minimum Gasteiger partial charge on any atom is -0.487 e. The van der Waals surface area contributed by atoms with E-state index in [0.29, 0.717) is 12.3 Å². The van der Waals surface area contributed by atoms with Gasteiger partial charge in [-0.3, -0.25) is 14.8 Å². The minimum atomic E-state index is -0.201. The molecule has 0 aliphatic heterocycles. The topological polar surface area (TPSA) is 64.1 Å². The van der Waals surface area contributed by atoms with E-state index < -0.39 is 0 Å². The molecule has 3 rings (SSSR count). The molecular weight excluding hydrogens is 314 g/mol. The van der Waals surface area contributed by atoms with Crippen molar-refractivity contribution in [3.63, 3.8) is 0 Å². The first-order valence-corrected chi connectivity index (χ1v) is 8.07. The second kappa shape index (κ2) is 8.06. The van der Waals surface area contributed by atoms with Crippen LogP contribution >= 0.6 is 0 Å². The monoisotopic (exact) mass is 333 g/mol. The van der Waals surface area contributed by atoms with Crippen LogP contribution in [-0.4, -0.2) is 15.9 Å². The molecule has 1 N–H and O–H groups in total. The number of carbonyl (C=O) groups excluding carboxylic acids is 1. The third kappa shape index (κ3) is 4.64. The Labute approximate surface area is 146 Å². The van der Waals surface area contributed by atoms with Crippen molar-refractivity contribution >= 4 is 5.91 Å². The number of rotatable bonds is 6. The molecule has 126 valence electrons. The highest BCUT2D eigenvalue weighted by Gasteiger charge is 2.12. The van der Waals surface area contributed by atoms with Gasteiger partial charge in [0.2, 0.25) is 0 Å². The number of carbonyl (C=O) groups is 1. The summed E-state index contributed by atoms with van der Waals surface area (Å²) in [5.74, 6) is 0.537. The first kappa shape index (κ1) is 16.6. The van der Waals surface area contributed by atoms with Crippen molar-refractivity contribution < 1.29 is 9.53 Å². The summed E-state index contributed by atoms with van der Waals surface area (Å²) in [6.45, 7) is 2.33. The van der Waals surface area contributed by atoms with E-state index in [1.165, 1.54) is 0 Å². The fourth-order valence-corrected chi connectivity index (χ4v) is 2.37. The number of hydrogen-bond acceptors (Lipinski definition) is 4. The van der Waals surface area contributed by atoms with Gasteiger partial charge in [0, 0.05) is 12.4 Å². The molecule has 0 aliphatic rings. The Morgan fingerprint density at radius 2 is 1.84 bits per heavy atom.